The summed E-state index contributed by atoms with van der Waals surface area (Å²) < 4.78 is 12.8. The molecule has 0 aliphatic carbocycles. The molecule has 0 spiro atoms. The van der Waals surface area contributed by atoms with Crippen molar-refractivity contribution in [3.8, 4) is 0 Å². The van der Waals surface area contributed by atoms with E-state index in [-0.39, 0.29) is 0 Å². The van der Waals surface area contributed by atoms with Gasteiger partial charge in [-0.05, 0) is 37.1 Å². The van der Waals surface area contributed by atoms with E-state index in [4.69, 9.17) is 0 Å². The Hall–Kier alpha value is -1.42. The quantitative estimate of drug-likeness (QED) is 0.745. The molecule has 0 fully saturated rings. The largest absolute Gasteiger partial charge is 0.229 e. The van der Waals surface area contributed by atoms with Crippen LogP contribution in [-0.4, -0.2) is 9.97 Å². The Morgan fingerprint density at radius 2 is 1.88 bits per heavy atom. The van der Waals surface area contributed by atoms with E-state index in [0.29, 0.717) is 5.03 Å². The van der Waals surface area contributed by atoms with Crippen LogP contribution in [0.2, 0.25) is 0 Å². The van der Waals surface area contributed by atoms with Crippen molar-refractivity contribution in [3.05, 3.63) is 47.7 Å². The molecule has 1 aromatic heterocycles. The number of aryl methyl sites for hydroxylation is 2. The first-order chi connectivity index (χ1) is 7.65. The van der Waals surface area contributed by atoms with Gasteiger partial charge in [-0.1, -0.05) is 17.8 Å². The first-order valence-electron chi connectivity index (χ1n) is 4.88. The molecule has 1 aromatic carbocycles. The number of aromatic nitrogens is 2. The summed E-state index contributed by atoms with van der Waals surface area (Å²) >= 11 is 1.43. The van der Waals surface area contributed by atoms with Gasteiger partial charge in [-0.25, -0.2) is 9.97 Å². The van der Waals surface area contributed by atoms with Gasteiger partial charge in [0.05, 0.1) is 0 Å². The average molecular weight is 234 g/mol. The fourth-order valence-electron chi connectivity index (χ4n) is 1.27. The highest BCUT2D eigenvalue weighted by atomic mass is 32.2. The van der Waals surface area contributed by atoms with Crippen LogP contribution in [0, 0.1) is 19.8 Å². The van der Waals surface area contributed by atoms with Gasteiger partial charge in [0.2, 0.25) is 5.95 Å². The van der Waals surface area contributed by atoms with Crippen LogP contribution in [0.25, 0.3) is 0 Å². The van der Waals surface area contributed by atoms with E-state index >= 15 is 0 Å². The van der Waals surface area contributed by atoms with Gasteiger partial charge in [-0.3, -0.25) is 0 Å². The van der Waals surface area contributed by atoms with Gasteiger partial charge in [0.25, 0.3) is 0 Å². The van der Waals surface area contributed by atoms with Crippen molar-refractivity contribution in [2.45, 2.75) is 23.8 Å². The fraction of sp³-hybridized carbons (Fsp3) is 0.167. The molecule has 0 unspecified atom stereocenters. The number of nitrogens with zero attached hydrogens (tertiary/aromatic N) is 2. The molecule has 0 aliphatic heterocycles. The topological polar surface area (TPSA) is 25.8 Å². The zero-order valence-corrected chi connectivity index (χ0v) is 9.88. The second-order valence-electron chi connectivity index (χ2n) is 3.53. The summed E-state index contributed by atoms with van der Waals surface area (Å²) in [5.74, 6) is -0.499. The van der Waals surface area contributed by atoms with E-state index in [1.54, 1.807) is 0 Å². The number of hydrogen-bond acceptors (Lipinski definition) is 3. The second-order valence-corrected chi connectivity index (χ2v) is 4.62. The van der Waals surface area contributed by atoms with Crippen molar-refractivity contribution in [2.75, 3.05) is 0 Å². The Morgan fingerprint density at radius 3 is 2.56 bits per heavy atom. The predicted octanol–water partition coefficient (Wildman–Crippen LogP) is 3.38. The van der Waals surface area contributed by atoms with Crippen molar-refractivity contribution >= 4 is 11.8 Å². The van der Waals surface area contributed by atoms with E-state index < -0.39 is 5.95 Å². The van der Waals surface area contributed by atoms with Crippen LogP contribution in [0.15, 0.2) is 40.5 Å². The molecule has 0 aliphatic rings. The third kappa shape index (κ3) is 2.58. The molecule has 0 N–H and O–H groups in total. The highest BCUT2D eigenvalue weighted by Crippen LogP contribution is 2.27. The number of hydrogen-bond donors (Lipinski definition) is 0. The lowest BCUT2D eigenvalue weighted by molar-refractivity contribution is 0.572. The van der Waals surface area contributed by atoms with E-state index in [9.17, 15) is 4.39 Å². The van der Waals surface area contributed by atoms with Crippen molar-refractivity contribution in [1.29, 1.82) is 0 Å². The Labute approximate surface area is 97.9 Å². The summed E-state index contributed by atoms with van der Waals surface area (Å²) in [5, 5.41) is 0.621. The Morgan fingerprint density at radius 1 is 1.06 bits per heavy atom. The summed E-state index contributed by atoms with van der Waals surface area (Å²) in [6, 6.07) is 7.46. The number of benzene rings is 1. The van der Waals surface area contributed by atoms with E-state index in [2.05, 4.69) is 35.9 Å². The molecule has 0 saturated heterocycles. The molecule has 4 heteroatoms. The Bertz CT molecular complexity index is 514. The van der Waals surface area contributed by atoms with Crippen molar-refractivity contribution in [1.82, 2.24) is 9.97 Å². The SMILES string of the molecule is Cc1ccc(Sc2cc(F)ncn2)cc1C. The van der Waals surface area contributed by atoms with E-state index in [1.165, 1.54) is 35.3 Å². The van der Waals surface area contributed by atoms with Crippen molar-refractivity contribution in [3.63, 3.8) is 0 Å². The predicted molar refractivity (Wildman–Crippen MR) is 62.0 cm³/mol. The Kier molecular flexibility index (Phi) is 3.19. The average Bonchev–Trinajstić information content (AvgIpc) is 2.24. The third-order valence-electron chi connectivity index (χ3n) is 2.31. The molecule has 0 atom stereocenters. The van der Waals surface area contributed by atoms with Crippen LogP contribution in [-0.2, 0) is 0 Å². The molecule has 0 amide bonds. The van der Waals surface area contributed by atoms with Crippen LogP contribution in [0.5, 0.6) is 0 Å². The van der Waals surface area contributed by atoms with Crippen LogP contribution >= 0.6 is 11.8 Å². The molecular weight excluding hydrogens is 223 g/mol. The summed E-state index contributed by atoms with van der Waals surface area (Å²) in [5.41, 5.74) is 2.47. The van der Waals surface area contributed by atoms with Crippen molar-refractivity contribution < 1.29 is 4.39 Å². The standard InChI is InChI=1S/C12H11FN2S/c1-8-3-4-10(5-9(8)2)16-12-6-11(13)14-7-15-12/h3-7H,1-2H3. The zero-order chi connectivity index (χ0) is 11.5. The normalized spacial score (nSPS) is 10.4. The summed E-state index contributed by atoms with van der Waals surface area (Å²) in [7, 11) is 0. The lowest BCUT2D eigenvalue weighted by atomic mass is 10.1. The maximum Gasteiger partial charge on any atom is 0.217 e. The monoisotopic (exact) mass is 234 g/mol. The molecule has 82 valence electrons. The second kappa shape index (κ2) is 4.61. The van der Waals surface area contributed by atoms with Gasteiger partial charge >= 0.3 is 0 Å². The van der Waals surface area contributed by atoms with Crippen LogP contribution in [0.1, 0.15) is 11.1 Å². The molecule has 0 bridgehead atoms. The first kappa shape index (κ1) is 11.1. The maximum atomic E-state index is 12.8. The van der Waals surface area contributed by atoms with Gasteiger partial charge in [0.1, 0.15) is 11.4 Å². The van der Waals surface area contributed by atoms with Crippen LogP contribution in [0.4, 0.5) is 4.39 Å². The lowest BCUT2D eigenvalue weighted by Crippen LogP contribution is -1.87. The highest BCUT2D eigenvalue weighted by molar-refractivity contribution is 7.99. The van der Waals surface area contributed by atoms with E-state index in [0.717, 1.165) is 4.90 Å². The molecular formula is C12H11FN2S. The van der Waals surface area contributed by atoms with Crippen LogP contribution < -0.4 is 0 Å². The summed E-state index contributed by atoms with van der Waals surface area (Å²) in [4.78, 5) is 8.48. The molecule has 0 radical (unpaired) electrons. The van der Waals surface area contributed by atoms with Gasteiger partial charge in [0, 0.05) is 11.0 Å². The molecule has 2 nitrogen and oxygen atoms in total. The fourth-order valence-corrected chi connectivity index (χ4v) is 2.14. The van der Waals surface area contributed by atoms with Gasteiger partial charge in [0.15, 0.2) is 0 Å². The van der Waals surface area contributed by atoms with Crippen LogP contribution in [0.3, 0.4) is 0 Å². The lowest BCUT2D eigenvalue weighted by Gasteiger charge is -2.04. The molecule has 2 rings (SSSR count). The van der Waals surface area contributed by atoms with E-state index in [1.807, 2.05) is 6.07 Å². The molecule has 16 heavy (non-hydrogen) atoms. The number of rotatable bonds is 2. The maximum absolute atomic E-state index is 12.8. The third-order valence-corrected chi connectivity index (χ3v) is 3.23. The number of halogens is 1. The minimum absolute atomic E-state index is 0.499. The van der Waals surface area contributed by atoms with Crippen molar-refractivity contribution in [2.24, 2.45) is 0 Å². The minimum atomic E-state index is -0.499. The zero-order valence-electron chi connectivity index (χ0n) is 9.07. The van der Waals surface area contributed by atoms with Gasteiger partial charge in [-0.15, -0.1) is 0 Å². The van der Waals surface area contributed by atoms with Gasteiger partial charge in [-0.2, -0.15) is 4.39 Å². The molecule has 2 aromatic rings. The summed E-state index contributed by atoms with van der Waals surface area (Å²) in [6.07, 6.45) is 1.23. The highest BCUT2D eigenvalue weighted by Gasteiger charge is 2.02. The molecule has 0 saturated carbocycles. The Balaban J connectivity index is 2.24. The first-order valence-corrected chi connectivity index (χ1v) is 5.69. The minimum Gasteiger partial charge on any atom is -0.229 e. The smallest absolute Gasteiger partial charge is 0.217 e. The summed E-state index contributed by atoms with van der Waals surface area (Å²) in [6.45, 7) is 4.12. The van der Waals surface area contributed by atoms with Gasteiger partial charge < -0.3 is 0 Å². The molecule has 1 heterocycles.